The second kappa shape index (κ2) is 7.44. The first-order valence-electron chi connectivity index (χ1n) is 8.72. The standard InChI is InChI=1S/C21H22N2O3/c1-3-15(2)18(21(24)25)22-14-23(26)20(17-12-8-5-9-13-17)19(22)16-10-6-4-7-11-16/h4-15,18H,3H2,1-2H3,(H,24,25)/t15-,18-/m0/s1. The highest BCUT2D eigenvalue weighted by molar-refractivity contribution is 5.79. The largest absolute Gasteiger partial charge is 0.710 e. The van der Waals surface area contributed by atoms with Crippen molar-refractivity contribution < 1.29 is 14.6 Å². The Morgan fingerprint density at radius 3 is 2.12 bits per heavy atom. The Bertz CT molecular complexity index is 888. The zero-order valence-electron chi connectivity index (χ0n) is 14.9. The van der Waals surface area contributed by atoms with Crippen LogP contribution in [0.2, 0.25) is 0 Å². The lowest BCUT2D eigenvalue weighted by Crippen LogP contribution is -2.29. The molecule has 3 rings (SSSR count). The van der Waals surface area contributed by atoms with Crippen molar-refractivity contribution in [3.05, 3.63) is 72.2 Å². The van der Waals surface area contributed by atoms with Gasteiger partial charge in [0.05, 0.1) is 0 Å². The molecule has 0 unspecified atom stereocenters. The Morgan fingerprint density at radius 1 is 1.08 bits per heavy atom. The number of imidazole rings is 1. The molecular formula is C21H22N2O3. The van der Waals surface area contributed by atoms with Crippen molar-refractivity contribution in [3.63, 3.8) is 0 Å². The van der Waals surface area contributed by atoms with E-state index in [2.05, 4.69) is 0 Å². The maximum Gasteiger partial charge on any atom is 0.349 e. The van der Waals surface area contributed by atoms with Gasteiger partial charge in [0, 0.05) is 17.0 Å². The second-order valence-corrected chi connectivity index (χ2v) is 6.45. The van der Waals surface area contributed by atoms with Gasteiger partial charge in [0.25, 0.3) is 0 Å². The van der Waals surface area contributed by atoms with Gasteiger partial charge in [-0.2, -0.15) is 0 Å². The van der Waals surface area contributed by atoms with Crippen LogP contribution in [-0.4, -0.2) is 15.6 Å². The van der Waals surface area contributed by atoms with Gasteiger partial charge in [0.15, 0.2) is 11.4 Å². The molecule has 0 spiro atoms. The Kier molecular flexibility index (Phi) is 5.07. The van der Waals surface area contributed by atoms with Gasteiger partial charge < -0.3 is 10.3 Å². The summed E-state index contributed by atoms with van der Waals surface area (Å²) in [5, 5.41) is 22.6. The molecule has 0 aliphatic carbocycles. The third-order valence-electron chi connectivity index (χ3n) is 4.76. The summed E-state index contributed by atoms with van der Waals surface area (Å²) in [5.74, 6) is -1.06. The fourth-order valence-corrected chi connectivity index (χ4v) is 3.27. The average Bonchev–Trinajstić information content (AvgIpc) is 2.99. The van der Waals surface area contributed by atoms with E-state index >= 15 is 0 Å². The Balaban J connectivity index is 2.31. The summed E-state index contributed by atoms with van der Waals surface area (Å²) in [6.45, 7) is 3.85. The van der Waals surface area contributed by atoms with E-state index in [9.17, 15) is 15.1 Å². The first-order valence-corrected chi connectivity index (χ1v) is 8.72. The third kappa shape index (κ3) is 3.20. The summed E-state index contributed by atoms with van der Waals surface area (Å²) < 4.78 is 2.39. The molecule has 5 heteroatoms. The molecule has 0 bridgehead atoms. The summed E-state index contributed by atoms with van der Waals surface area (Å²) in [4.78, 5) is 12.0. The zero-order valence-corrected chi connectivity index (χ0v) is 14.9. The van der Waals surface area contributed by atoms with Gasteiger partial charge in [-0.05, 0) is 6.42 Å². The molecule has 0 fully saturated rings. The van der Waals surface area contributed by atoms with Crippen molar-refractivity contribution in [2.45, 2.75) is 26.3 Å². The molecule has 0 amide bonds. The SMILES string of the molecule is CC[C@H](C)[C@@H](C(=O)O)n1c[n+]([O-])c(-c2ccccc2)c1-c1ccccc1. The minimum Gasteiger partial charge on any atom is -0.710 e. The fourth-order valence-electron chi connectivity index (χ4n) is 3.27. The molecule has 134 valence electrons. The average molecular weight is 350 g/mol. The number of hydrogen-bond acceptors (Lipinski definition) is 2. The van der Waals surface area contributed by atoms with Crippen LogP contribution in [-0.2, 0) is 4.79 Å². The van der Waals surface area contributed by atoms with Crippen LogP contribution >= 0.6 is 0 Å². The minimum atomic E-state index is -0.938. The highest BCUT2D eigenvalue weighted by Gasteiger charge is 2.35. The van der Waals surface area contributed by atoms with E-state index in [1.807, 2.05) is 74.5 Å². The second-order valence-electron chi connectivity index (χ2n) is 6.45. The third-order valence-corrected chi connectivity index (χ3v) is 4.76. The number of benzene rings is 2. The molecular weight excluding hydrogens is 328 g/mol. The number of aromatic nitrogens is 2. The predicted molar refractivity (Wildman–Crippen MR) is 100 cm³/mol. The fraction of sp³-hybridized carbons (Fsp3) is 0.238. The minimum absolute atomic E-state index is 0.119. The Labute approximate surface area is 152 Å². The highest BCUT2D eigenvalue weighted by Crippen LogP contribution is 2.34. The van der Waals surface area contributed by atoms with Gasteiger partial charge in [-0.3, -0.25) is 0 Å². The van der Waals surface area contributed by atoms with Gasteiger partial charge in [-0.25, -0.2) is 14.1 Å². The van der Waals surface area contributed by atoms with Crippen molar-refractivity contribution in [1.82, 2.24) is 4.57 Å². The number of carboxylic acid groups (broad SMARTS) is 1. The van der Waals surface area contributed by atoms with Crippen LogP contribution in [0.1, 0.15) is 26.3 Å². The molecule has 1 aromatic heterocycles. The van der Waals surface area contributed by atoms with Crippen LogP contribution in [0.5, 0.6) is 0 Å². The van der Waals surface area contributed by atoms with Gasteiger partial charge in [0.1, 0.15) is 0 Å². The number of carboxylic acids is 1. The van der Waals surface area contributed by atoms with Crippen LogP contribution in [0.15, 0.2) is 67.0 Å². The predicted octanol–water partition coefficient (Wildman–Crippen LogP) is 4.13. The number of rotatable bonds is 6. The van der Waals surface area contributed by atoms with Crippen LogP contribution in [0, 0.1) is 11.1 Å². The van der Waals surface area contributed by atoms with E-state index < -0.39 is 12.0 Å². The molecule has 0 saturated heterocycles. The molecule has 0 aliphatic heterocycles. The van der Waals surface area contributed by atoms with Crippen LogP contribution in [0.25, 0.3) is 22.5 Å². The molecule has 0 aliphatic rings. The van der Waals surface area contributed by atoms with E-state index in [0.29, 0.717) is 17.8 Å². The van der Waals surface area contributed by atoms with Crippen LogP contribution in [0.3, 0.4) is 0 Å². The summed E-state index contributed by atoms with van der Waals surface area (Å²) in [6, 6.07) is 18.0. The summed E-state index contributed by atoms with van der Waals surface area (Å²) in [5.41, 5.74) is 2.66. The lowest BCUT2D eigenvalue weighted by Gasteiger charge is -2.17. The van der Waals surface area contributed by atoms with Crippen LogP contribution in [0.4, 0.5) is 0 Å². The molecule has 3 aromatic rings. The first kappa shape index (κ1) is 17.7. The molecule has 1 heterocycles. The van der Waals surface area contributed by atoms with Gasteiger partial charge in [-0.1, -0.05) is 74.5 Å². The number of hydrogen-bond donors (Lipinski definition) is 1. The molecule has 0 saturated carbocycles. The maximum atomic E-state index is 12.8. The molecule has 2 atom stereocenters. The maximum absolute atomic E-state index is 12.8. The van der Waals surface area contributed by atoms with Gasteiger partial charge >= 0.3 is 5.97 Å². The van der Waals surface area contributed by atoms with E-state index in [-0.39, 0.29) is 5.92 Å². The molecule has 5 nitrogen and oxygen atoms in total. The molecule has 2 aromatic carbocycles. The summed E-state index contributed by atoms with van der Waals surface area (Å²) in [7, 11) is 0. The number of aliphatic carboxylic acids is 1. The highest BCUT2D eigenvalue weighted by atomic mass is 16.5. The monoisotopic (exact) mass is 350 g/mol. The quantitative estimate of drug-likeness (QED) is 0.537. The van der Waals surface area contributed by atoms with Crippen molar-refractivity contribution in [1.29, 1.82) is 0 Å². The van der Waals surface area contributed by atoms with E-state index in [4.69, 9.17) is 0 Å². The Morgan fingerprint density at radius 2 is 1.62 bits per heavy atom. The van der Waals surface area contributed by atoms with E-state index in [0.717, 1.165) is 15.9 Å². The van der Waals surface area contributed by atoms with E-state index in [1.165, 1.54) is 6.33 Å². The van der Waals surface area contributed by atoms with Gasteiger partial charge in [0.2, 0.25) is 12.4 Å². The lowest BCUT2D eigenvalue weighted by molar-refractivity contribution is -0.593. The van der Waals surface area contributed by atoms with Gasteiger partial charge in [-0.15, -0.1) is 0 Å². The van der Waals surface area contributed by atoms with Crippen molar-refractivity contribution in [2.24, 2.45) is 5.92 Å². The summed E-state index contributed by atoms with van der Waals surface area (Å²) >= 11 is 0. The molecule has 1 N–H and O–H groups in total. The molecule has 26 heavy (non-hydrogen) atoms. The zero-order chi connectivity index (χ0) is 18.7. The summed E-state index contributed by atoms with van der Waals surface area (Å²) in [6.07, 6.45) is 2.05. The first-order chi connectivity index (χ1) is 12.5. The topological polar surface area (TPSA) is 69.2 Å². The van der Waals surface area contributed by atoms with E-state index in [1.54, 1.807) is 4.57 Å². The molecule has 0 radical (unpaired) electrons. The number of carbonyl (C=O) groups is 1. The lowest BCUT2D eigenvalue weighted by atomic mass is 9.97. The van der Waals surface area contributed by atoms with Crippen LogP contribution < -0.4 is 4.73 Å². The van der Waals surface area contributed by atoms with Crippen molar-refractivity contribution >= 4 is 5.97 Å². The van der Waals surface area contributed by atoms with Crippen molar-refractivity contribution in [2.75, 3.05) is 0 Å². The number of nitrogens with zero attached hydrogens (tertiary/aromatic N) is 2. The normalized spacial score (nSPS) is 13.3. The van der Waals surface area contributed by atoms with Crippen molar-refractivity contribution in [3.8, 4) is 22.5 Å². The Hall–Kier alpha value is -3.08. The smallest absolute Gasteiger partial charge is 0.349 e.